The number of nitrogens with one attached hydrogen (secondary N) is 2. The van der Waals surface area contributed by atoms with Crippen LogP contribution in [0.4, 0.5) is 11.8 Å². The molecule has 4 N–H and O–H groups in total. The van der Waals surface area contributed by atoms with Crippen molar-refractivity contribution < 1.29 is 4.74 Å². The van der Waals surface area contributed by atoms with E-state index in [4.69, 9.17) is 10.5 Å². The van der Waals surface area contributed by atoms with Crippen LogP contribution in [0.3, 0.4) is 0 Å². The predicted octanol–water partition coefficient (Wildman–Crippen LogP) is 3.32. The van der Waals surface area contributed by atoms with Gasteiger partial charge < -0.3 is 25.7 Å². The van der Waals surface area contributed by atoms with Gasteiger partial charge in [0.2, 0.25) is 5.95 Å². The molecule has 8 nitrogen and oxygen atoms in total. The lowest BCUT2D eigenvalue weighted by molar-refractivity contribution is 0.0931. The molecule has 4 rings (SSSR count). The molecule has 3 heterocycles. The zero-order valence-electron chi connectivity index (χ0n) is 20.1. The van der Waals surface area contributed by atoms with Gasteiger partial charge >= 0.3 is 0 Å². The van der Waals surface area contributed by atoms with Crippen LogP contribution in [0.1, 0.15) is 37.3 Å². The third-order valence-corrected chi connectivity index (χ3v) is 6.32. The molecule has 0 amide bonds. The number of aromatic nitrogens is 3. The maximum atomic E-state index is 5.96. The zero-order chi connectivity index (χ0) is 23.2. The van der Waals surface area contributed by atoms with Crippen molar-refractivity contribution in [1.29, 1.82) is 0 Å². The summed E-state index contributed by atoms with van der Waals surface area (Å²) in [6.45, 7) is 8.10. The summed E-state index contributed by atoms with van der Waals surface area (Å²) in [7, 11) is 3.76. The Hall–Kier alpha value is -2.84. The number of unbranched alkanes of at least 4 members (excludes halogenated alkanes) is 2. The highest BCUT2D eigenvalue weighted by atomic mass is 16.5. The first kappa shape index (κ1) is 23.3. The third kappa shape index (κ3) is 5.57. The fraction of sp³-hybridized carbons (Fsp3) is 0.520. The molecule has 3 aromatic rings. The summed E-state index contributed by atoms with van der Waals surface area (Å²) in [5, 5.41) is 6.73. The standard InChI is InChI=1S/C25H37N7O/c1-4-5-6-10-28-24-23-21(29-25(26)30-24)9-11-32(23)17-20-8-7-18(12-22(20)33-3)14-31-15-19(16-31)13-27-2/h7-9,11-12,19,27H,4-6,10,13-17H2,1-3H3,(H3,26,28,29,30). The van der Waals surface area contributed by atoms with Crippen LogP contribution < -0.4 is 21.1 Å². The van der Waals surface area contributed by atoms with Gasteiger partial charge in [-0.3, -0.25) is 4.90 Å². The highest BCUT2D eigenvalue weighted by Crippen LogP contribution is 2.28. The summed E-state index contributed by atoms with van der Waals surface area (Å²) < 4.78 is 7.95. The lowest BCUT2D eigenvalue weighted by Crippen LogP contribution is -2.49. The van der Waals surface area contributed by atoms with Gasteiger partial charge in [0.05, 0.1) is 19.2 Å². The van der Waals surface area contributed by atoms with E-state index in [-0.39, 0.29) is 0 Å². The third-order valence-electron chi connectivity index (χ3n) is 6.32. The quantitative estimate of drug-likeness (QED) is 0.364. The molecular weight excluding hydrogens is 414 g/mol. The number of benzene rings is 1. The molecule has 1 aliphatic rings. The van der Waals surface area contributed by atoms with Crippen molar-refractivity contribution in [3.8, 4) is 5.75 Å². The average molecular weight is 452 g/mol. The molecule has 178 valence electrons. The molecule has 0 saturated carbocycles. The number of hydrogen-bond acceptors (Lipinski definition) is 7. The fourth-order valence-corrected chi connectivity index (χ4v) is 4.64. The second kappa shape index (κ2) is 10.9. The Morgan fingerprint density at radius 1 is 1.15 bits per heavy atom. The molecule has 0 bridgehead atoms. The van der Waals surface area contributed by atoms with Crippen molar-refractivity contribution in [1.82, 2.24) is 24.8 Å². The zero-order valence-corrected chi connectivity index (χ0v) is 20.1. The van der Waals surface area contributed by atoms with Crippen LogP contribution >= 0.6 is 0 Å². The molecular formula is C25H37N7O. The van der Waals surface area contributed by atoms with E-state index in [1.54, 1.807) is 7.11 Å². The van der Waals surface area contributed by atoms with E-state index in [0.29, 0.717) is 12.5 Å². The summed E-state index contributed by atoms with van der Waals surface area (Å²) in [6, 6.07) is 8.56. The fourth-order valence-electron chi connectivity index (χ4n) is 4.64. The SMILES string of the molecule is CCCCCNc1nc(N)nc2ccn(Cc3ccc(CN4CC(CNC)C4)cc3OC)c12. The maximum Gasteiger partial charge on any atom is 0.222 e. The van der Waals surface area contributed by atoms with Crippen LogP contribution in [-0.2, 0) is 13.1 Å². The van der Waals surface area contributed by atoms with E-state index in [2.05, 4.69) is 55.2 Å². The summed E-state index contributed by atoms with van der Waals surface area (Å²) in [5.41, 5.74) is 10.2. The molecule has 8 heteroatoms. The van der Waals surface area contributed by atoms with Crippen LogP contribution in [0, 0.1) is 5.92 Å². The largest absolute Gasteiger partial charge is 0.496 e. The number of nitrogen functional groups attached to an aromatic ring is 1. The normalized spacial score (nSPS) is 14.5. The predicted molar refractivity (Wildman–Crippen MR) is 135 cm³/mol. The number of rotatable bonds is 12. The highest BCUT2D eigenvalue weighted by molar-refractivity contribution is 5.87. The summed E-state index contributed by atoms with van der Waals surface area (Å²) in [5.74, 6) is 2.76. The van der Waals surface area contributed by atoms with Crippen LogP contribution in [0.2, 0.25) is 0 Å². The number of ether oxygens (including phenoxy) is 1. The molecule has 0 atom stereocenters. The summed E-state index contributed by atoms with van der Waals surface area (Å²) in [4.78, 5) is 11.4. The first-order valence-electron chi connectivity index (χ1n) is 12.0. The van der Waals surface area contributed by atoms with Crippen LogP contribution in [-0.4, -0.2) is 59.8 Å². The van der Waals surface area contributed by atoms with Crippen molar-refractivity contribution in [2.24, 2.45) is 5.92 Å². The van der Waals surface area contributed by atoms with Gasteiger partial charge in [0.1, 0.15) is 11.3 Å². The second-order valence-corrected chi connectivity index (χ2v) is 9.01. The minimum absolute atomic E-state index is 0.295. The molecule has 1 saturated heterocycles. The second-order valence-electron chi connectivity index (χ2n) is 9.01. The van der Waals surface area contributed by atoms with Gasteiger partial charge in [-0.2, -0.15) is 4.98 Å². The molecule has 1 aromatic carbocycles. The summed E-state index contributed by atoms with van der Waals surface area (Å²) in [6.07, 6.45) is 5.52. The number of likely N-dealkylation sites (tertiary alicyclic amines) is 1. The first-order chi connectivity index (χ1) is 16.1. The Labute approximate surface area is 196 Å². The van der Waals surface area contributed by atoms with Crippen LogP contribution in [0.5, 0.6) is 5.75 Å². The van der Waals surface area contributed by atoms with Crippen molar-refractivity contribution in [2.45, 2.75) is 39.3 Å². The first-order valence-corrected chi connectivity index (χ1v) is 12.0. The van der Waals surface area contributed by atoms with E-state index in [9.17, 15) is 0 Å². The van der Waals surface area contributed by atoms with Crippen molar-refractivity contribution in [3.05, 3.63) is 41.6 Å². The van der Waals surface area contributed by atoms with E-state index >= 15 is 0 Å². The van der Waals surface area contributed by atoms with Gasteiger partial charge in [-0.05, 0) is 37.1 Å². The van der Waals surface area contributed by atoms with E-state index in [1.165, 1.54) is 18.4 Å². The molecule has 0 spiro atoms. The molecule has 0 unspecified atom stereocenters. The number of nitrogens with zero attached hydrogens (tertiary/aromatic N) is 4. The minimum atomic E-state index is 0.295. The molecule has 0 aliphatic carbocycles. The Morgan fingerprint density at radius 2 is 2.00 bits per heavy atom. The highest BCUT2D eigenvalue weighted by Gasteiger charge is 2.25. The lowest BCUT2D eigenvalue weighted by Gasteiger charge is -2.39. The van der Waals surface area contributed by atoms with Crippen molar-refractivity contribution in [3.63, 3.8) is 0 Å². The minimum Gasteiger partial charge on any atom is -0.496 e. The topological polar surface area (TPSA) is 93.3 Å². The number of nitrogens with two attached hydrogens (primary N) is 1. The van der Waals surface area contributed by atoms with Crippen LogP contribution in [0.15, 0.2) is 30.5 Å². The number of methoxy groups -OCH3 is 1. The lowest BCUT2D eigenvalue weighted by atomic mass is 9.99. The Morgan fingerprint density at radius 3 is 2.76 bits per heavy atom. The van der Waals surface area contributed by atoms with Crippen LogP contribution in [0.25, 0.3) is 11.0 Å². The van der Waals surface area contributed by atoms with E-state index in [0.717, 1.165) is 73.2 Å². The molecule has 0 radical (unpaired) electrons. The Kier molecular flexibility index (Phi) is 7.67. The Bertz CT molecular complexity index is 1060. The van der Waals surface area contributed by atoms with Crippen molar-refractivity contribution in [2.75, 3.05) is 51.4 Å². The van der Waals surface area contributed by atoms with Gasteiger partial charge in [0.15, 0.2) is 5.82 Å². The van der Waals surface area contributed by atoms with Crippen molar-refractivity contribution >= 4 is 22.8 Å². The molecule has 2 aromatic heterocycles. The van der Waals surface area contributed by atoms with Gasteiger partial charge in [-0.1, -0.05) is 31.9 Å². The van der Waals surface area contributed by atoms with E-state index in [1.807, 2.05) is 19.3 Å². The molecule has 1 aliphatic heterocycles. The summed E-state index contributed by atoms with van der Waals surface area (Å²) >= 11 is 0. The monoisotopic (exact) mass is 451 g/mol. The smallest absolute Gasteiger partial charge is 0.222 e. The number of anilines is 2. The van der Waals surface area contributed by atoms with Gasteiger partial charge in [0, 0.05) is 44.5 Å². The van der Waals surface area contributed by atoms with Gasteiger partial charge in [0.25, 0.3) is 0 Å². The number of hydrogen-bond donors (Lipinski definition) is 3. The molecule has 33 heavy (non-hydrogen) atoms. The maximum absolute atomic E-state index is 5.96. The number of fused-ring (bicyclic) bond motifs is 1. The Balaban J connectivity index is 1.50. The average Bonchev–Trinajstić information content (AvgIpc) is 3.18. The van der Waals surface area contributed by atoms with E-state index < -0.39 is 0 Å². The van der Waals surface area contributed by atoms with Gasteiger partial charge in [-0.15, -0.1) is 0 Å². The van der Waals surface area contributed by atoms with Gasteiger partial charge in [-0.25, -0.2) is 4.98 Å². The molecule has 1 fully saturated rings.